The lowest BCUT2D eigenvalue weighted by Gasteiger charge is -2.02. The molecule has 0 unspecified atom stereocenters. The molecule has 122 valence electrons. The summed E-state index contributed by atoms with van der Waals surface area (Å²) in [6, 6.07) is 2.96. The van der Waals surface area contributed by atoms with Crippen LogP contribution in [-0.2, 0) is 9.53 Å². The Labute approximate surface area is 149 Å². The monoisotopic (exact) mass is 392 g/mol. The highest BCUT2D eigenvalue weighted by molar-refractivity contribution is 8.01. The van der Waals surface area contributed by atoms with Gasteiger partial charge in [0.2, 0.25) is 5.13 Å². The van der Waals surface area contributed by atoms with Gasteiger partial charge >= 0.3 is 5.97 Å². The molecule has 0 spiro atoms. The van der Waals surface area contributed by atoms with E-state index in [9.17, 15) is 9.59 Å². The first-order valence-corrected chi connectivity index (χ1v) is 8.80. The van der Waals surface area contributed by atoms with E-state index in [-0.39, 0.29) is 32.7 Å². The number of ether oxygens (including phenoxy) is 1. The lowest BCUT2D eigenvalue weighted by molar-refractivity contribution is -0.139. The number of nitrogens with one attached hydrogen (secondary N) is 1. The Balaban J connectivity index is 1.97. The summed E-state index contributed by atoms with van der Waals surface area (Å²) in [5, 5.41) is 10.8. The fraction of sp³-hybridized carbons (Fsp3) is 0.250. The average Bonchev–Trinajstić information content (AvgIpc) is 2.95. The maximum absolute atomic E-state index is 12.1. The van der Waals surface area contributed by atoms with Crippen molar-refractivity contribution in [2.24, 2.45) is 0 Å². The highest BCUT2D eigenvalue weighted by Gasteiger charge is 2.16. The van der Waals surface area contributed by atoms with Gasteiger partial charge in [-0.2, -0.15) is 0 Å². The summed E-state index contributed by atoms with van der Waals surface area (Å²) in [6.07, 6.45) is 0. The van der Waals surface area contributed by atoms with Gasteiger partial charge in [0.05, 0.1) is 17.4 Å². The van der Waals surface area contributed by atoms with Crippen molar-refractivity contribution in [1.29, 1.82) is 0 Å². The van der Waals surface area contributed by atoms with Crippen LogP contribution in [0.2, 0.25) is 10.2 Å². The highest BCUT2D eigenvalue weighted by atomic mass is 35.5. The van der Waals surface area contributed by atoms with Crippen molar-refractivity contribution in [2.45, 2.75) is 11.3 Å². The van der Waals surface area contributed by atoms with E-state index in [1.165, 1.54) is 23.9 Å². The zero-order valence-electron chi connectivity index (χ0n) is 11.7. The third-order valence-corrected chi connectivity index (χ3v) is 4.73. The molecule has 2 heterocycles. The zero-order valence-corrected chi connectivity index (χ0v) is 14.9. The third-order valence-electron chi connectivity index (χ3n) is 2.27. The molecular weight excluding hydrogens is 383 g/mol. The van der Waals surface area contributed by atoms with E-state index in [0.717, 1.165) is 11.3 Å². The van der Waals surface area contributed by atoms with Gasteiger partial charge in [-0.15, -0.1) is 10.2 Å². The van der Waals surface area contributed by atoms with Gasteiger partial charge in [-0.25, -0.2) is 4.98 Å². The number of anilines is 1. The molecule has 0 fully saturated rings. The summed E-state index contributed by atoms with van der Waals surface area (Å²) in [5.74, 6) is -0.762. The summed E-state index contributed by atoms with van der Waals surface area (Å²) in [5.41, 5.74) is -0.00454. The normalized spacial score (nSPS) is 10.4. The van der Waals surface area contributed by atoms with Gasteiger partial charge in [0.15, 0.2) is 4.34 Å². The number of hydrogen-bond acceptors (Lipinski definition) is 8. The van der Waals surface area contributed by atoms with Crippen molar-refractivity contribution in [3.05, 3.63) is 28.0 Å². The maximum atomic E-state index is 12.1. The maximum Gasteiger partial charge on any atom is 0.316 e. The first kappa shape index (κ1) is 17.9. The highest BCUT2D eigenvalue weighted by Crippen LogP contribution is 2.26. The summed E-state index contributed by atoms with van der Waals surface area (Å²) in [4.78, 5) is 27.2. The minimum atomic E-state index is -0.546. The van der Waals surface area contributed by atoms with E-state index < -0.39 is 5.91 Å². The molecule has 11 heteroatoms. The molecule has 0 aromatic carbocycles. The molecule has 0 saturated carbocycles. The minimum Gasteiger partial charge on any atom is -0.465 e. The predicted octanol–water partition coefficient (Wildman–Crippen LogP) is 3.15. The molecule has 2 aromatic rings. The van der Waals surface area contributed by atoms with Gasteiger partial charge in [0, 0.05) is 0 Å². The molecule has 0 saturated heterocycles. The zero-order chi connectivity index (χ0) is 16.8. The Kier molecular flexibility index (Phi) is 6.58. The first-order valence-electron chi connectivity index (χ1n) is 6.25. The van der Waals surface area contributed by atoms with Gasteiger partial charge in [-0.3, -0.25) is 14.9 Å². The van der Waals surface area contributed by atoms with Crippen LogP contribution < -0.4 is 5.32 Å². The minimum absolute atomic E-state index is 0.00454. The van der Waals surface area contributed by atoms with E-state index in [1.54, 1.807) is 6.92 Å². The van der Waals surface area contributed by atoms with Crippen LogP contribution >= 0.6 is 46.3 Å². The molecule has 0 aliphatic rings. The second kappa shape index (κ2) is 8.44. The van der Waals surface area contributed by atoms with E-state index in [2.05, 4.69) is 20.5 Å². The molecule has 23 heavy (non-hydrogen) atoms. The standard InChI is InChI=1S/C12H10Cl2N4O3S2/c1-2-21-8(19)5-22-12-18-17-11(23-12)16-10(20)9-6(13)3-4-7(14)15-9/h3-4H,2,5H2,1H3,(H,16,17,20). The molecule has 0 aliphatic carbocycles. The number of carbonyl (C=O) groups is 2. The Bertz CT molecular complexity index is 726. The predicted molar refractivity (Wildman–Crippen MR) is 89.5 cm³/mol. The van der Waals surface area contributed by atoms with Gasteiger partial charge < -0.3 is 4.74 Å². The number of hydrogen-bond donors (Lipinski definition) is 1. The molecule has 2 aromatic heterocycles. The Morgan fingerprint density at radius 3 is 2.87 bits per heavy atom. The molecule has 0 aliphatic heterocycles. The van der Waals surface area contributed by atoms with Crippen LogP contribution in [0.25, 0.3) is 0 Å². The number of amides is 1. The number of halogens is 2. The van der Waals surface area contributed by atoms with E-state index in [1.807, 2.05) is 0 Å². The van der Waals surface area contributed by atoms with E-state index in [4.69, 9.17) is 27.9 Å². The Hall–Kier alpha value is -1.42. The number of pyridine rings is 1. The van der Waals surface area contributed by atoms with E-state index in [0.29, 0.717) is 10.9 Å². The molecule has 0 atom stereocenters. The lowest BCUT2D eigenvalue weighted by atomic mass is 10.3. The van der Waals surface area contributed by atoms with Crippen LogP contribution in [0.3, 0.4) is 0 Å². The van der Waals surface area contributed by atoms with Crippen molar-refractivity contribution in [2.75, 3.05) is 17.7 Å². The van der Waals surface area contributed by atoms with Gasteiger partial charge in [0.25, 0.3) is 5.91 Å². The Morgan fingerprint density at radius 1 is 1.35 bits per heavy atom. The van der Waals surface area contributed by atoms with Crippen molar-refractivity contribution in [3.63, 3.8) is 0 Å². The molecule has 0 radical (unpaired) electrons. The molecular formula is C12H10Cl2N4O3S2. The number of aromatic nitrogens is 3. The molecule has 7 nitrogen and oxygen atoms in total. The average molecular weight is 393 g/mol. The number of thioether (sulfide) groups is 1. The SMILES string of the molecule is CCOC(=O)CSc1nnc(NC(=O)c2nc(Cl)ccc2Cl)s1. The summed E-state index contributed by atoms with van der Waals surface area (Å²) < 4.78 is 5.34. The van der Waals surface area contributed by atoms with Crippen LogP contribution in [0.5, 0.6) is 0 Å². The van der Waals surface area contributed by atoms with Crippen LogP contribution in [0.15, 0.2) is 16.5 Å². The lowest BCUT2D eigenvalue weighted by Crippen LogP contribution is -2.14. The van der Waals surface area contributed by atoms with Crippen molar-refractivity contribution >= 4 is 63.3 Å². The fourth-order valence-corrected chi connectivity index (χ4v) is 3.26. The molecule has 0 bridgehead atoms. The number of rotatable bonds is 6. The smallest absolute Gasteiger partial charge is 0.316 e. The van der Waals surface area contributed by atoms with Crippen LogP contribution in [0.4, 0.5) is 5.13 Å². The second-order valence-electron chi connectivity index (χ2n) is 3.89. The van der Waals surface area contributed by atoms with Crippen LogP contribution in [-0.4, -0.2) is 39.4 Å². The second-order valence-corrected chi connectivity index (χ2v) is 6.88. The van der Waals surface area contributed by atoms with Crippen molar-refractivity contribution in [1.82, 2.24) is 15.2 Å². The van der Waals surface area contributed by atoms with Crippen molar-refractivity contribution < 1.29 is 14.3 Å². The number of carbonyl (C=O) groups excluding carboxylic acids is 2. The molecule has 2 rings (SSSR count). The van der Waals surface area contributed by atoms with Gasteiger partial charge in [-0.05, 0) is 19.1 Å². The number of nitrogens with zero attached hydrogens (tertiary/aromatic N) is 3. The molecule has 1 amide bonds. The van der Waals surface area contributed by atoms with Crippen LogP contribution in [0.1, 0.15) is 17.4 Å². The van der Waals surface area contributed by atoms with E-state index >= 15 is 0 Å². The summed E-state index contributed by atoms with van der Waals surface area (Å²) in [7, 11) is 0. The Morgan fingerprint density at radius 2 is 2.13 bits per heavy atom. The quantitative estimate of drug-likeness (QED) is 0.349. The van der Waals surface area contributed by atoms with Crippen LogP contribution in [0, 0.1) is 0 Å². The summed E-state index contributed by atoms with van der Waals surface area (Å²) >= 11 is 13.9. The topological polar surface area (TPSA) is 94.1 Å². The van der Waals surface area contributed by atoms with Gasteiger partial charge in [0.1, 0.15) is 10.8 Å². The number of esters is 1. The molecule has 1 N–H and O–H groups in total. The fourth-order valence-electron chi connectivity index (χ4n) is 1.38. The van der Waals surface area contributed by atoms with Crippen molar-refractivity contribution in [3.8, 4) is 0 Å². The largest absolute Gasteiger partial charge is 0.465 e. The first-order chi connectivity index (χ1) is 11.0. The third kappa shape index (κ3) is 5.31. The summed E-state index contributed by atoms with van der Waals surface area (Å²) in [6.45, 7) is 2.06. The van der Waals surface area contributed by atoms with Gasteiger partial charge in [-0.1, -0.05) is 46.3 Å².